The quantitative estimate of drug-likeness (QED) is 0.842. The van der Waals surface area contributed by atoms with Crippen molar-refractivity contribution in [1.29, 1.82) is 5.26 Å². The highest BCUT2D eigenvalue weighted by molar-refractivity contribution is 5.97. The Morgan fingerprint density at radius 2 is 1.86 bits per heavy atom. The van der Waals surface area contributed by atoms with Gasteiger partial charge in [0.25, 0.3) is 5.91 Å². The topological polar surface area (TPSA) is 79.2 Å². The predicted molar refractivity (Wildman–Crippen MR) is 69.0 cm³/mol. The molecule has 0 fully saturated rings. The number of ether oxygens (including phenoxy) is 1. The van der Waals surface area contributed by atoms with Gasteiger partial charge < -0.3 is 10.1 Å². The number of rotatable bonds is 5. The molecule has 1 N–H and O–H groups in total. The van der Waals surface area contributed by atoms with Crippen molar-refractivity contribution in [3.05, 3.63) is 35.1 Å². The maximum Gasteiger partial charge on any atom is 0.328 e. The largest absolute Gasteiger partial charge is 0.467 e. The van der Waals surface area contributed by atoms with Gasteiger partial charge in [0.2, 0.25) is 0 Å². The number of benzene rings is 1. The number of esters is 1. The minimum atomic E-state index is -1.40. The number of nitrogens with zero attached hydrogens (tertiary/aromatic N) is 1. The Morgan fingerprint density at radius 3 is 2.32 bits per heavy atom. The summed E-state index contributed by atoms with van der Waals surface area (Å²) in [6.07, 6.45) is -0.0979. The van der Waals surface area contributed by atoms with Crippen LogP contribution in [0.15, 0.2) is 12.1 Å². The smallest absolute Gasteiger partial charge is 0.328 e. The van der Waals surface area contributed by atoms with E-state index < -0.39 is 46.9 Å². The molecule has 22 heavy (non-hydrogen) atoms. The highest BCUT2D eigenvalue weighted by atomic mass is 19.1. The second kappa shape index (κ2) is 7.45. The molecule has 1 aromatic rings. The Hall–Kier alpha value is -2.56. The summed E-state index contributed by atoms with van der Waals surface area (Å²) >= 11 is 0. The Kier molecular flexibility index (Phi) is 5.92. The van der Waals surface area contributed by atoms with Crippen LogP contribution in [-0.2, 0) is 9.53 Å². The van der Waals surface area contributed by atoms with Crippen molar-refractivity contribution in [3.8, 4) is 6.07 Å². The van der Waals surface area contributed by atoms with Crippen molar-refractivity contribution in [2.24, 2.45) is 5.92 Å². The van der Waals surface area contributed by atoms with E-state index in [0.717, 1.165) is 7.11 Å². The van der Waals surface area contributed by atoms with Gasteiger partial charge in [0.05, 0.1) is 13.2 Å². The first kappa shape index (κ1) is 17.5. The van der Waals surface area contributed by atoms with Gasteiger partial charge in [0.15, 0.2) is 0 Å². The second-order valence-electron chi connectivity index (χ2n) is 4.56. The fraction of sp³-hybridized carbons (Fsp3) is 0.357. The summed E-state index contributed by atoms with van der Waals surface area (Å²) in [4.78, 5) is 23.5. The van der Waals surface area contributed by atoms with E-state index in [1.54, 1.807) is 0 Å². The van der Waals surface area contributed by atoms with E-state index in [-0.39, 0.29) is 6.42 Å². The van der Waals surface area contributed by atoms with Gasteiger partial charge in [-0.05, 0) is 13.3 Å². The number of hydrogen-bond donors (Lipinski definition) is 1. The van der Waals surface area contributed by atoms with Gasteiger partial charge in [0, 0.05) is 18.1 Å². The molecule has 1 amide bonds. The summed E-state index contributed by atoms with van der Waals surface area (Å²) < 4.78 is 44.3. The van der Waals surface area contributed by atoms with Crippen molar-refractivity contribution in [2.45, 2.75) is 19.4 Å². The van der Waals surface area contributed by atoms with Crippen LogP contribution in [0, 0.1) is 34.7 Å². The zero-order valence-electron chi connectivity index (χ0n) is 11.8. The molecule has 0 aliphatic rings. The third kappa shape index (κ3) is 4.22. The van der Waals surface area contributed by atoms with E-state index in [1.807, 2.05) is 6.07 Å². The van der Waals surface area contributed by atoms with E-state index in [9.17, 15) is 22.8 Å². The Labute approximate surface area is 124 Å². The summed E-state index contributed by atoms with van der Waals surface area (Å²) in [6.45, 7) is 1.50. The SMILES string of the molecule is COC(=O)[C@H](C[C@@H](C)C#N)NC(=O)c1c(F)cc(F)cc1F. The van der Waals surface area contributed by atoms with Crippen LogP contribution in [0.5, 0.6) is 0 Å². The maximum atomic E-state index is 13.5. The molecular formula is C14H13F3N2O3. The van der Waals surface area contributed by atoms with Gasteiger partial charge >= 0.3 is 5.97 Å². The molecular weight excluding hydrogens is 301 g/mol. The lowest BCUT2D eigenvalue weighted by molar-refractivity contribution is -0.143. The number of nitriles is 1. The number of halogens is 3. The van der Waals surface area contributed by atoms with Gasteiger partial charge in [-0.3, -0.25) is 4.79 Å². The fourth-order valence-electron chi connectivity index (χ4n) is 1.75. The first-order chi connectivity index (χ1) is 10.3. The number of carbonyl (C=O) groups is 2. The number of methoxy groups -OCH3 is 1. The first-order valence-electron chi connectivity index (χ1n) is 6.23. The molecule has 1 aromatic carbocycles. The molecule has 0 aliphatic heterocycles. The molecule has 118 valence electrons. The lowest BCUT2D eigenvalue weighted by atomic mass is 10.0. The summed E-state index contributed by atoms with van der Waals surface area (Å²) in [5.74, 6) is -6.67. The fourth-order valence-corrected chi connectivity index (χ4v) is 1.75. The van der Waals surface area contributed by atoms with Crippen molar-refractivity contribution < 1.29 is 27.5 Å². The van der Waals surface area contributed by atoms with E-state index >= 15 is 0 Å². The highest BCUT2D eigenvalue weighted by Gasteiger charge is 2.27. The monoisotopic (exact) mass is 314 g/mol. The minimum Gasteiger partial charge on any atom is -0.467 e. The van der Waals surface area contributed by atoms with E-state index in [0.29, 0.717) is 12.1 Å². The normalized spacial score (nSPS) is 12.9. The molecule has 8 heteroatoms. The molecule has 0 saturated heterocycles. The third-order valence-corrected chi connectivity index (χ3v) is 2.83. The van der Waals surface area contributed by atoms with Gasteiger partial charge in [-0.2, -0.15) is 5.26 Å². The van der Waals surface area contributed by atoms with Crippen LogP contribution in [0.4, 0.5) is 13.2 Å². The predicted octanol–water partition coefficient (Wildman–Crippen LogP) is 1.93. The lowest BCUT2D eigenvalue weighted by Gasteiger charge is -2.17. The van der Waals surface area contributed by atoms with Crippen LogP contribution in [0.3, 0.4) is 0 Å². The van der Waals surface area contributed by atoms with Crippen molar-refractivity contribution in [2.75, 3.05) is 7.11 Å². The molecule has 0 bridgehead atoms. The summed E-state index contributed by atoms with van der Waals surface area (Å²) in [5.41, 5.74) is -1.01. The van der Waals surface area contributed by atoms with E-state index in [1.165, 1.54) is 6.92 Å². The van der Waals surface area contributed by atoms with E-state index in [4.69, 9.17) is 5.26 Å². The van der Waals surface area contributed by atoms with Gasteiger partial charge in [0.1, 0.15) is 29.1 Å². The summed E-state index contributed by atoms with van der Waals surface area (Å²) in [6, 6.07) is 1.31. The molecule has 2 atom stereocenters. The third-order valence-electron chi connectivity index (χ3n) is 2.83. The molecule has 0 radical (unpaired) electrons. The zero-order chi connectivity index (χ0) is 16.9. The van der Waals surface area contributed by atoms with Crippen LogP contribution >= 0.6 is 0 Å². The van der Waals surface area contributed by atoms with Crippen LogP contribution in [0.1, 0.15) is 23.7 Å². The van der Waals surface area contributed by atoms with Crippen molar-refractivity contribution >= 4 is 11.9 Å². The van der Waals surface area contributed by atoms with Gasteiger partial charge in [-0.1, -0.05) is 0 Å². The minimum absolute atomic E-state index is 0.0979. The standard InChI is InChI=1S/C14H13F3N2O3/c1-7(6-18)3-11(14(21)22-2)19-13(20)12-9(16)4-8(15)5-10(12)17/h4-5,7,11H,3H2,1-2H3,(H,19,20)/t7-,11+/m1/s1. The molecule has 5 nitrogen and oxygen atoms in total. The average Bonchev–Trinajstić information content (AvgIpc) is 2.44. The lowest BCUT2D eigenvalue weighted by Crippen LogP contribution is -2.43. The Balaban J connectivity index is 3.01. The second-order valence-corrected chi connectivity index (χ2v) is 4.56. The van der Waals surface area contributed by atoms with Crippen LogP contribution in [-0.4, -0.2) is 25.0 Å². The maximum absolute atomic E-state index is 13.5. The molecule has 0 aromatic heterocycles. The number of carbonyl (C=O) groups excluding carboxylic acids is 2. The molecule has 0 saturated carbocycles. The molecule has 0 spiro atoms. The Bertz CT molecular complexity index is 605. The zero-order valence-corrected chi connectivity index (χ0v) is 11.8. The average molecular weight is 314 g/mol. The number of amides is 1. The summed E-state index contributed by atoms with van der Waals surface area (Å²) in [7, 11) is 1.07. The molecule has 0 heterocycles. The van der Waals surface area contributed by atoms with Crippen molar-refractivity contribution in [3.63, 3.8) is 0 Å². The number of hydrogen-bond acceptors (Lipinski definition) is 4. The van der Waals surface area contributed by atoms with Crippen molar-refractivity contribution in [1.82, 2.24) is 5.32 Å². The Morgan fingerprint density at radius 1 is 1.32 bits per heavy atom. The van der Waals surface area contributed by atoms with E-state index in [2.05, 4.69) is 10.1 Å². The molecule has 1 rings (SSSR count). The first-order valence-corrected chi connectivity index (χ1v) is 6.23. The van der Waals surface area contributed by atoms with Crippen LogP contribution in [0.25, 0.3) is 0 Å². The number of nitrogens with one attached hydrogen (secondary N) is 1. The van der Waals surface area contributed by atoms with Crippen LogP contribution in [0.2, 0.25) is 0 Å². The van der Waals surface area contributed by atoms with Gasteiger partial charge in [-0.25, -0.2) is 18.0 Å². The molecule has 0 aliphatic carbocycles. The van der Waals surface area contributed by atoms with Gasteiger partial charge in [-0.15, -0.1) is 0 Å². The van der Waals surface area contributed by atoms with Crippen LogP contribution < -0.4 is 5.32 Å². The molecule has 0 unspecified atom stereocenters. The highest BCUT2D eigenvalue weighted by Crippen LogP contribution is 2.16. The summed E-state index contributed by atoms with van der Waals surface area (Å²) in [5, 5.41) is 10.8.